The Labute approximate surface area is 118 Å². The normalized spacial score (nSPS) is 21.9. The molecule has 1 atom stereocenters. The number of benzene rings is 1. The lowest BCUT2D eigenvalue weighted by molar-refractivity contribution is -0.145. The molecule has 0 spiro atoms. The van der Waals surface area contributed by atoms with Gasteiger partial charge in [0.15, 0.2) is 0 Å². The summed E-state index contributed by atoms with van der Waals surface area (Å²) in [6, 6.07) is 6.63. The molecule has 1 unspecified atom stereocenters. The van der Waals surface area contributed by atoms with E-state index >= 15 is 0 Å². The Hall–Kier alpha value is -1.37. The van der Waals surface area contributed by atoms with Crippen LogP contribution in [0.15, 0.2) is 24.3 Å². The molecule has 3 nitrogen and oxygen atoms in total. The zero-order valence-corrected chi connectivity index (χ0v) is 11.3. The van der Waals surface area contributed by atoms with E-state index in [0.29, 0.717) is 11.3 Å². The Morgan fingerprint density at radius 1 is 1.40 bits per heavy atom. The van der Waals surface area contributed by atoms with E-state index in [1.165, 1.54) is 0 Å². The Balaban J connectivity index is 2.25. The molecule has 110 valence electrons. The van der Waals surface area contributed by atoms with Crippen LogP contribution in [0.25, 0.3) is 0 Å². The van der Waals surface area contributed by atoms with E-state index < -0.39 is 16.9 Å². The average Bonchev–Trinajstić information content (AvgIpc) is 2.37. The highest BCUT2D eigenvalue weighted by molar-refractivity contribution is 8.00. The number of thioether (sulfide) groups is 1. The molecule has 2 rings (SSSR count). The van der Waals surface area contributed by atoms with Crippen LogP contribution in [0.4, 0.5) is 13.2 Å². The van der Waals surface area contributed by atoms with Crippen LogP contribution in [0.5, 0.6) is 5.75 Å². The summed E-state index contributed by atoms with van der Waals surface area (Å²) in [6.07, 6.45) is 0.102. The van der Waals surface area contributed by atoms with E-state index in [1.807, 2.05) is 0 Å². The Morgan fingerprint density at radius 3 is 2.75 bits per heavy atom. The lowest BCUT2D eigenvalue weighted by Crippen LogP contribution is -2.41. The molecule has 7 heteroatoms. The van der Waals surface area contributed by atoms with Crippen molar-refractivity contribution < 1.29 is 27.8 Å². The van der Waals surface area contributed by atoms with Crippen molar-refractivity contribution in [3.05, 3.63) is 29.8 Å². The number of para-hydroxylation sites is 1. The number of halogens is 3. The molecule has 0 saturated heterocycles. The second-order valence-electron chi connectivity index (χ2n) is 4.53. The highest BCUT2D eigenvalue weighted by Gasteiger charge is 2.45. The molecule has 0 fully saturated rings. The first-order valence-corrected chi connectivity index (χ1v) is 7.00. The molecule has 0 amide bonds. The summed E-state index contributed by atoms with van der Waals surface area (Å²) in [4.78, 5) is 11.6. The zero-order chi connectivity index (χ0) is 14.8. The summed E-state index contributed by atoms with van der Waals surface area (Å²) in [5.74, 6) is -0.946. The molecule has 1 aromatic carbocycles. The molecule has 20 heavy (non-hydrogen) atoms. The molecule has 1 aliphatic rings. The quantitative estimate of drug-likeness (QED) is 0.925. The largest absolute Gasteiger partial charge is 0.493 e. The molecular formula is C13H13F3O3S. The van der Waals surface area contributed by atoms with Crippen molar-refractivity contribution in [1.82, 2.24) is 0 Å². The SMILES string of the molecule is O=C(O)C1(CCSC(F)(F)F)CCOc2ccccc21. The van der Waals surface area contributed by atoms with Crippen LogP contribution < -0.4 is 4.74 Å². The van der Waals surface area contributed by atoms with Crippen LogP contribution in [0.3, 0.4) is 0 Å². The van der Waals surface area contributed by atoms with Crippen LogP contribution in [0.2, 0.25) is 0 Å². The van der Waals surface area contributed by atoms with Gasteiger partial charge in [-0.3, -0.25) is 4.79 Å². The van der Waals surface area contributed by atoms with Gasteiger partial charge in [-0.25, -0.2) is 0 Å². The second-order valence-corrected chi connectivity index (χ2v) is 5.69. The Morgan fingerprint density at radius 2 is 2.10 bits per heavy atom. The minimum Gasteiger partial charge on any atom is -0.493 e. The number of aliphatic carboxylic acids is 1. The van der Waals surface area contributed by atoms with Gasteiger partial charge in [0, 0.05) is 17.7 Å². The summed E-state index contributed by atoms with van der Waals surface area (Å²) < 4.78 is 42.1. The topological polar surface area (TPSA) is 46.5 Å². The Bertz CT molecular complexity index is 504. The summed E-state index contributed by atoms with van der Waals surface area (Å²) in [6.45, 7) is 0.194. The van der Waals surface area contributed by atoms with Gasteiger partial charge in [-0.05, 0) is 12.5 Å². The van der Waals surface area contributed by atoms with E-state index in [9.17, 15) is 23.1 Å². The van der Waals surface area contributed by atoms with E-state index in [4.69, 9.17) is 4.74 Å². The standard InChI is InChI=1S/C13H13F3O3S/c14-13(15,16)20-8-6-12(11(17)18)5-7-19-10-4-2-1-3-9(10)12/h1-4H,5-8H2,(H,17,18). The van der Waals surface area contributed by atoms with Crippen LogP contribution in [-0.2, 0) is 10.2 Å². The van der Waals surface area contributed by atoms with E-state index in [2.05, 4.69) is 0 Å². The van der Waals surface area contributed by atoms with E-state index in [-0.39, 0.29) is 37.0 Å². The number of alkyl halides is 3. The molecule has 0 bridgehead atoms. The fourth-order valence-corrected chi connectivity index (χ4v) is 3.07. The molecule has 1 heterocycles. The number of rotatable bonds is 4. The third kappa shape index (κ3) is 3.03. The lowest BCUT2D eigenvalue weighted by atomic mass is 9.74. The van der Waals surface area contributed by atoms with Crippen molar-refractivity contribution in [2.45, 2.75) is 23.8 Å². The monoisotopic (exact) mass is 306 g/mol. The molecule has 1 N–H and O–H groups in total. The van der Waals surface area contributed by atoms with Crippen LogP contribution in [0.1, 0.15) is 18.4 Å². The molecule has 0 saturated carbocycles. The highest BCUT2D eigenvalue weighted by Crippen LogP contribution is 2.43. The first-order valence-electron chi connectivity index (χ1n) is 6.01. The summed E-state index contributed by atoms with van der Waals surface area (Å²) in [5, 5.41) is 9.52. The van der Waals surface area contributed by atoms with Gasteiger partial charge >= 0.3 is 11.5 Å². The van der Waals surface area contributed by atoms with Crippen molar-refractivity contribution in [2.75, 3.05) is 12.4 Å². The second kappa shape index (κ2) is 5.55. The van der Waals surface area contributed by atoms with E-state index in [1.54, 1.807) is 24.3 Å². The fraction of sp³-hybridized carbons (Fsp3) is 0.462. The first-order chi connectivity index (χ1) is 9.35. The summed E-state index contributed by atoms with van der Waals surface area (Å²) in [5.41, 5.74) is -5.18. The van der Waals surface area contributed by atoms with Gasteiger partial charge in [-0.15, -0.1) is 0 Å². The molecule has 0 aromatic heterocycles. The van der Waals surface area contributed by atoms with Crippen molar-refractivity contribution in [2.24, 2.45) is 0 Å². The number of fused-ring (bicyclic) bond motifs is 1. The first kappa shape index (κ1) is 15.0. The molecule has 1 aromatic rings. The maximum atomic E-state index is 12.2. The number of carbonyl (C=O) groups is 1. The summed E-state index contributed by atoms with van der Waals surface area (Å²) in [7, 11) is 0. The lowest BCUT2D eigenvalue weighted by Gasteiger charge is -2.35. The predicted molar refractivity (Wildman–Crippen MR) is 69.0 cm³/mol. The van der Waals surface area contributed by atoms with Crippen LogP contribution in [0, 0.1) is 0 Å². The smallest absolute Gasteiger partial charge is 0.441 e. The van der Waals surface area contributed by atoms with E-state index in [0.717, 1.165) is 0 Å². The van der Waals surface area contributed by atoms with Gasteiger partial charge < -0.3 is 9.84 Å². The number of hydrogen-bond acceptors (Lipinski definition) is 3. The van der Waals surface area contributed by atoms with Crippen LogP contribution >= 0.6 is 11.8 Å². The van der Waals surface area contributed by atoms with Gasteiger partial charge in [0.2, 0.25) is 0 Å². The third-order valence-corrected chi connectivity index (χ3v) is 4.13. The minimum atomic E-state index is -4.34. The summed E-state index contributed by atoms with van der Waals surface area (Å²) >= 11 is -0.186. The number of ether oxygens (including phenoxy) is 1. The van der Waals surface area contributed by atoms with Gasteiger partial charge in [0.25, 0.3) is 0 Å². The van der Waals surface area contributed by atoms with Crippen molar-refractivity contribution in [1.29, 1.82) is 0 Å². The fourth-order valence-electron chi connectivity index (χ4n) is 2.39. The van der Waals surface area contributed by atoms with Gasteiger partial charge in [0.1, 0.15) is 11.2 Å². The van der Waals surface area contributed by atoms with Gasteiger partial charge in [-0.2, -0.15) is 13.2 Å². The zero-order valence-electron chi connectivity index (χ0n) is 10.4. The third-order valence-electron chi connectivity index (χ3n) is 3.39. The number of carboxylic acid groups (broad SMARTS) is 1. The van der Waals surface area contributed by atoms with Crippen molar-refractivity contribution in [3.63, 3.8) is 0 Å². The Kier molecular flexibility index (Phi) is 4.17. The van der Waals surface area contributed by atoms with Crippen molar-refractivity contribution >= 4 is 17.7 Å². The maximum Gasteiger partial charge on any atom is 0.441 e. The van der Waals surface area contributed by atoms with Crippen molar-refractivity contribution in [3.8, 4) is 5.75 Å². The highest BCUT2D eigenvalue weighted by atomic mass is 32.2. The molecular weight excluding hydrogens is 293 g/mol. The molecule has 1 aliphatic heterocycles. The average molecular weight is 306 g/mol. The predicted octanol–water partition coefficient (Wildman–Crippen LogP) is 3.43. The number of carboxylic acids is 1. The van der Waals surface area contributed by atoms with Crippen LogP contribution in [-0.4, -0.2) is 28.9 Å². The van der Waals surface area contributed by atoms with Gasteiger partial charge in [-0.1, -0.05) is 30.0 Å². The molecule has 0 aliphatic carbocycles. The number of hydrogen-bond donors (Lipinski definition) is 1. The van der Waals surface area contributed by atoms with Gasteiger partial charge in [0.05, 0.1) is 6.61 Å². The maximum absolute atomic E-state index is 12.2. The minimum absolute atomic E-state index is 0.0765. The molecule has 0 radical (unpaired) electrons.